The van der Waals surface area contributed by atoms with E-state index >= 15 is 0 Å². The maximum absolute atomic E-state index is 13.3. The molecule has 1 fully saturated rings. The average molecular weight is 534 g/mol. The number of benzene rings is 2. The summed E-state index contributed by atoms with van der Waals surface area (Å²) >= 11 is 0. The van der Waals surface area contributed by atoms with E-state index in [-0.39, 0.29) is 11.7 Å². The van der Waals surface area contributed by atoms with Gasteiger partial charge in [0.1, 0.15) is 11.7 Å². The molecule has 210 valence electrons. The van der Waals surface area contributed by atoms with Crippen LogP contribution in [0.25, 0.3) is 11.0 Å². The molecule has 0 bridgehead atoms. The van der Waals surface area contributed by atoms with Crippen molar-refractivity contribution in [1.29, 1.82) is 5.41 Å². The molecule has 0 unspecified atom stereocenters. The van der Waals surface area contributed by atoms with E-state index in [2.05, 4.69) is 22.5 Å². The number of carbonyl (C=O) groups excluding carboxylic acids is 1. The highest BCUT2D eigenvalue weighted by Gasteiger charge is 2.18. The fourth-order valence-electron chi connectivity index (χ4n) is 5.14. The summed E-state index contributed by atoms with van der Waals surface area (Å²) in [5.41, 5.74) is 15.9. The number of rotatable bonds is 14. The fourth-order valence-corrected chi connectivity index (χ4v) is 5.14. The van der Waals surface area contributed by atoms with Gasteiger partial charge in [-0.2, -0.15) is 0 Å². The first-order valence-corrected chi connectivity index (χ1v) is 14.2. The van der Waals surface area contributed by atoms with Gasteiger partial charge >= 0.3 is 0 Å². The van der Waals surface area contributed by atoms with E-state index in [1.807, 2.05) is 41.3 Å². The molecule has 2 heterocycles. The van der Waals surface area contributed by atoms with E-state index in [4.69, 9.17) is 26.6 Å². The Kier molecular flexibility index (Phi) is 10.5. The van der Waals surface area contributed by atoms with Gasteiger partial charge in [-0.25, -0.2) is 4.98 Å². The second-order valence-electron chi connectivity index (χ2n) is 10.2. The molecular formula is C30H43N7O2. The number of imidazole rings is 1. The van der Waals surface area contributed by atoms with Crippen molar-refractivity contribution in [1.82, 2.24) is 19.4 Å². The van der Waals surface area contributed by atoms with Crippen LogP contribution >= 0.6 is 0 Å². The van der Waals surface area contributed by atoms with Crippen molar-refractivity contribution in [3.63, 3.8) is 0 Å². The highest BCUT2D eigenvalue weighted by molar-refractivity contribution is 5.97. The summed E-state index contributed by atoms with van der Waals surface area (Å²) in [5, 5.41) is 7.62. The number of fused-ring (bicyclic) bond motifs is 1. The minimum Gasteiger partial charge on any atom is -0.384 e. The zero-order valence-corrected chi connectivity index (χ0v) is 23.2. The molecule has 1 saturated heterocycles. The van der Waals surface area contributed by atoms with E-state index < -0.39 is 0 Å². The molecular weight excluding hydrogens is 490 g/mol. The maximum Gasteiger partial charge on any atom is 0.253 e. The molecule has 5 N–H and O–H groups in total. The standard InChI is InChI=1S/C30H43N7O2/c1-2-3-15-36(17-13-31)30(38)25-10-11-27-26(22-25)34-28(12-7-23-5-8-24(9-6-23)29(32)33)37(27)16-4-14-35-18-20-39-21-19-35/h5-6,8-11,22H,2-4,7,12-21,31H2,1H3,(H3,32,33). The monoisotopic (exact) mass is 533 g/mol. The van der Waals surface area contributed by atoms with Crippen molar-refractivity contribution in [2.75, 3.05) is 52.5 Å². The summed E-state index contributed by atoms with van der Waals surface area (Å²) in [6, 6.07) is 13.8. The number of hydrogen-bond donors (Lipinski definition) is 3. The van der Waals surface area contributed by atoms with Crippen LogP contribution < -0.4 is 11.5 Å². The first kappa shape index (κ1) is 28.7. The van der Waals surface area contributed by atoms with E-state index in [0.29, 0.717) is 25.2 Å². The first-order chi connectivity index (χ1) is 19.0. The number of morpholine rings is 1. The number of nitrogen functional groups attached to an aromatic ring is 1. The van der Waals surface area contributed by atoms with Gasteiger partial charge in [0.15, 0.2) is 0 Å². The van der Waals surface area contributed by atoms with Gasteiger partial charge in [0.2, 0.25) is 0 Å². The SMILES string of the molecule is CCCCN(CCN)C(=O)c1ccc2c(c1)nc(CCc1ccc(C(=N)N)cc1)n2CCCN1CCOCC1. The van der Waals surface area contributed by atoms with Crippen LogP contribution in [0.3, 0.4) is 0 Å². The van der Waals surface area contributed by atoms with Gasteiger partial charge in [-0.15, -0.1) is 0 Å². The number of unbranched alkanes of at least 4 members (excludes halogenated alkanes) is 1. The molecule has 0 atom stereocenters. The lowest BCUT2D eigenvalue weighted by Gasteiger charge is -2.26. The molecule has 2 aromatic carbocycles. The second-order valence-corrected chi connectivity index (χ2v) is 10.2. The molecule has 1 amide bonds. The summed E-state index contributed by atoms with van der Waals surface area (Å²) in [4.78, 5) is 22.6. The first-order valence-electron chi connectivity index (χ1n) is 14.2. The third-order valence-electron chi connectivity index (χ3n) is 7.40. The van der Waals surface area contributed by atoms with Gasteiger partial charge in [-0.1, -0.05) is 37.6 Å². The molecule has 3 aromatic rings. The lowest BCUT2D eigenvalue weighted by atomic mass is 10.1. The van der Waals surface area contributed by atoms with Crippen LogP contribution in [-0.2, 0) is 24.1 Å². The van der Waals surface area contributed by atoms with Crippen LogP contribution in [0.4, 0.5) is 0 Å². The van der Waals surface area contributed by atoms with Gasteiger partial charge < -0.3 is 25.7 Å². The zero-order chi connectivity index (χ0) is 27.6. The molecule has 39 heavy (non-hydrogen) atoms. The number of ether oxygens (including phenoxy) is 1. The van der Waals surface area contributed by atoms with E-state index in [9.17, 15) is 4.79 Å². The summed E-state index contributed by atoms with van der Waals surface area (Å²) in [5.74, 6) is 1.12. The number of aryl methyl sites for hydroxylation is 3. The van der Waals surface area contributed by atoms with E-state index in [1.165, 1.54) is 5.56 Å². The molecule has 0 spiro atoms. The predicted octanol–water partition coefficient (Wildman–Crippen LogP) is 3.03. The summed E-state index contributed by atoms with van der Waals surface area (Å²) < 4.78 is 7.82. The van der Waals surface area contributed by atoms with Crippen molar-refractivity contribution >= 4 is 22.8 Å². The summed E-state index contributed by atoms with van der Waals surface area (Å²) in [6.45, 7) is 9.32. The molecule has 1 aliphatic rings. The van der Waals surface area contributed by atoms with Crippen molar-refractivity contribution in [2.24, 2.45) is 11.5 Å². The number of amidine groups is 1. The third-order valence-corrected chi connectivity index (χ3v) is 7.40. The fraction of sp³-hybridized carbons (Fsp3) is 0.500. The number of amides is 1. The Hall–Kier alpha value is -3.27. The van der Waals surface area contributed by atoms with Crippen LogP contribution in [0.1, 0.15) is 53.5 Å². The van der Waals surface area contributed by atoms with Crippen molar-refractivity contribution < 1.29 is 9.53 Å². The van der Waals surface area contributed by atoms with Crippen LogP contribution in [0.5, 0.6) is 0 Å². The van der Waals surface area contributed by atoms with Gasteiger partial charge in [0, 0.05) is 63.4 Å². The zero-order valence-electron chi connectivity index (χ0n) is 23.2. The number of nitrogens with zero attached hydrogens (tertiary/aromatic N) is 4. The minimum absolute atomic E-state index is 0.0183. The van der Waals surface area contributed by atoms with Gasteiger partial charge in [-0.05, 0) is 43.0 Å². The van der Waals surface area contributed by atoms with E-state index in [0.717, 1.165) is 93.9 Å². The predicted molar refractivity (Wildman–Crippen MR) is 156 cm³/mol. The number of nitrogens with two attached hydrogens (primary N) is 2. The molecule has 0 saturated carbocycles. The Bertz CT molecular complexity index is 1230. The molecule has 9 nitrogen and oxygen atoms in total. The highest BCUT2D eigenvalue weighted by Crippen LogP contribution is 2.22. The average Bonchev–Trinajstić information content (AvgIpc) is 3.31. The Morgan fingerprint density at radius 3 is 2.46 bits per heavy atom. The van der Waals surface area contributed by atoms with Gasteiger partial charge in [-0.3, -0.25) is 15.1 Å². The van der Waals surface area contributed by atoms with Crippen LogP contribution in [-0.4, -0.2) is 83.6 Å². The van der Waals surface area contributed by atoms with Crippen LogP contribution in [0.2, 0.25) is 0 Å². The lowest BCUT2D eigenvalue weighted by Crippen LogP contribution is -2.37. The molecule has 0 aliphatic carbocycles. The van der Waals surface area contributed by atoms with Crippen molar-refractivity contribution in [3.8, 4) is 0 Å². The maximum atomic E-state index is 13.3. The van der Waals surface area contributed by atoms with Crippen molar-refractivity contribution in [2.45, 2.75) is 45.6 Å². The summed E-state index contributed by atoms with van der Waals surface area (Å²) in [6.07, 6.45) is 4.63. The van der Waals surface area contributed by atoms with Gasteiger partial charge in [0.25, 0.3) is 5.91 Å². The molecule has 1 aliphatic heterocycles. The lowest BCUT2D eigenvalue weighted by molar-refractivity contribution is 0.0369. The van der Waals surface area contributed by atoms with Crippen molar-refractivity contribution in [3.05, 3.63) is 65.0 Å². The Morgan fingerprint density at radius 1 is 1.03 bits per heavy atom. The molecule has 9 heteroatoms. The number of hydrogen-bond acceptors (Lipinski definition) is 6. The van der Waals surface area contributed by atoms with E-state index in [1.54, 1.807) is 0 Å². The second kappa shape index (κ2) is 14.2. The number of carbonyl (C=O) groups is 1. The van der Waals surface area contributed by atoms with Gasteiger partial charge in [0.05, 0.1) is 24.2 Å². The molecule has 4 rings (SSSR count). The normalized spacial score (nSPS) is 14.1. The smallest absolute Gasteiger partial charge is 0.253 e. The minimum atomic E-state index is 0.0183. The topological polar surface area (TPSA) is 126 Å². The number of aromatic nitrogens is 2. The molecule has 1 aromatic heterocycles. The largest absolute Gasteiger partial charge is 0.384 e. The quantitative estimate of drug-likeness (QED) is 0.216. The highest BCUT2D eigenvalue weighted by atomic mass is 16.5. The molecule has 0 radical (unpaired) electrons. The van der Waals surface area contributed by atoms with Crippen LogP contribution in [0.15, 0.2) is 42.5 Å². The Labute approximate surface area is 231 Å². The Balaban J connectivity index is 1.55. The third kappa shape index (κ3) is 7.65. The Morgan fingerprint density at radius 2 is 1.77 bits per heavy atom. The number of nitrogens with one attached hydrogen (secondary N) is 1. The summed E-state index contributed by atoms with van der Waals surface area (Å²) in [7, 11) is 0. The van der Waals surface area contributed by atoms with Crippen LogP contribution in [0, 0.1) is 5.41 Å².